The van der Waals surface area contributed by atoms with Crippen LogP contribution in [-0.2, 0) is 11.2 Å². The van der Waals surface area contributed by atoms with Gasteiger partial charge in [0.2, 0.25) is 5.91 Å². The van der Waals surface area contributed by atoms with Crippen LogP contribution in [0.4, 0.5) is 5.69 Å². The number of hydrogen-bond acceptors (Lipinski definition) is 3. The van der Waals surface area contributed by atoms with Crippen molar-refractivity contribution in [3.63, 3.8) is 0 Å². The number of nitrogens with one attached hydrogen (secondary N) is 1. The van der Waals surface area contributed by atoms with E-state index in [0.29, 0.717) is 6.42 Å². The van der Waals surface area contributed by atoms with Crippen molar-refractivity contribution in [1.82, 2.24) is 14.6 Å². The van der Waals surface area contributed by atoms with Crippen molar-refractivity contribution >= 4 is 17.2 Å². The van der Waals surface area contributed by atoms with Gasteiger partial charge in [0.1, 0.15) is 0 Å². The Labute approximate surface area is 140 Å². The Balaban J connectivity index is 1.97. The highest BCUT2D eigenvalue weighted by atomic mass is 16.1. The third-order valence-corrected chi connectivity index (χ3v) is 4.57. The van der Waals surface area contributed by atoms with Gasteiger partial charge in [0.05, 0.1) is 6.42 Å². The number of anilines is 1. The molecule has 0 saturated heterocycles. The summed E-state index contributed by atoms with van der Waals surface area (Å²) in [6, 6.07) is 6.29. The van der Waals surface area contributed by atoms with E-state index in [2.05, 4.69) is 49.4 Å². The van der Waals surface area contributed by atoms with E-state index in [4.69, 9.17) is 4.98 Å². The first-order valence-corrected chi connectivity index (χ1v) is 8.23. The number of aromatic nitrogens is 3. The Morgan fingerprint density at radius 1 is 1.21 bits per heavy atom. The van der Waals surface area contributed by atoms with Gasteiger partial charge in [0.15, 0.2) is 11.5 Å². The molecule has 3 aromatic rings. The quantitative estimate of drug-likeness (QED) is 0.784. The molecule has 1 amide bonds. The lowest BCUT2D eigenvalue weighted by atomic mass is 9.96. The van der Waals surface area contributed by atoms with Crippen LogP contribution in [0, 0.1) is 13.8 Å². The van der Waals surface area contributed by atoms with Gasteiger partial charge in [-0.3, -0.25) is 4.79 Å². The normalized spacial score (nSPS) is 13.6. The molecule has 0 atom stereocenters. The lowest BCUT2D eigenvalue weighted by molar-refractivity contribution is -0.115. The highest BCUT2D eigenvalue weighted by Gasteiger charge is 2.22. The molecule has 0 saturated carbocycles. The summed E-state index contributed by atoms with van der Waals surface area (Å²) in [7, 11) is 0. The zero-order valence-corrected chi connectivity index (χ0v) is 14.3. The molecule has 0 radical (unpaired) electrons. The average molecular weight is 320 g/mol. The summed E-state index contributed by atoms with van der Waals surface area (Å²) >= 11 is 0. The number of amides is 1. The largest absolute Gasteiger partial charge is 0.325 e. The van der Waals surface area contributed by atoms with Gasteiger partial charge in [0, 0.05) is 23.4 Å². The topological polar surface area (TPSA) is 59.3 Å². The lowest BCUT2D eigenvalue weighted by Crippen LogP contribution is -2.04. The maximum absolute atomic E-state index is 11.7. The van der Waals surface area contributed by atoms with Crippen molar-refractivity contribution in [3.05, 3.63) is 46.9 Å². The second kappa shape index (κ2) is 5.16. The molecular weight excluding hydrogens is 300 g/mol. The Morgan fingerprint density at radius 3 is 2.75 bits per heavy atom. The van der Waals surface area contributed by atoms with E-state index in [1.165, 1.54) is 0 Å². The number of rotatable bonds is 2. The fourth-order valence-corrected chi connectivity index (χ4v) is 3.34. The van der Waals surface area contributed by atoms with Crippen LogP contribution in [0.2, 0.25) is 0 Å². The number of fused-ring (bicyclic) bond motifs is 2. The maximum Gasteiger partial charge on any atom is 0.228 e. The number of aryl methyl sites for hydroxylation is 2. The van der Waals surface area contributed by atoms with Crippen molar-refractivity contribution in [2.75, 3.05) is 5.32 Å². The van der Waals surface area contributed by atoms with E-state index in [1.807, 2.05) is 17.6 Å². The molecule has 3 heterocycles. The highest BCUT2D eigenvalue weighted by Crippen LogP contribution is 2.35. The minimum atomic E-state index is 0.0600. The number of benzene rings is 1. The minimum absolute atomic E-state index is 0.0600. The van der Waals surface area contributed by atoms with Crippen LogP contribution in [0.15, 0.2) is 24.4 Å². The molecule has 122 valence electrons. The monoisotopic (exact) mass is 320 g/mol. The smallest absolute Gasteiger partial charge is 0.228 e. The molecule has 5 heteroatoms. The van der Waals surface area contributed by atoms with Gasteiger partial charge in [-0.2, -0.15) is 5.10 Å². The van der Waals surface area contributed by atoms with Gasteiger partial charge >= 0.3 is 0 Å². The van der Waals surface area contributed by atoms with Crippen LogP contribution in [0.3, 0.4) is 0 Å². The summed E-state index contributed by atoms with van der Waals surface area (Å²) < 4.78 is 1.85. The van der Waals surface area contributed by atoms with Gasteiger partial charge in [0.25, 0.3) is 0 Å². The molecule has 1 aliphatic rings. The number of hydrogen-bond donors (Lipinski definition) is 1. The van der Waals surface area contributed by atoms with E-state index in [0.717, 1.165) is 45.0 Å². The zero-order valence-electron chi connectivity index (χ0n) is 14.3. The Hall–Kier alpha value is -2.69. The molecule has 0 aliphatic carbocycles. The molecule has 4 rings (SSSR count). The van der Waals surface area contributed by atoms with Crippen LogP contribution in [0.5, 0.6) is 0 Å². The van der Waals surface area contributed by atoms with Gasteiger partial charge < -0.3 is 5.32 Å². The number of nitrogens with zero attached hydrogens (tertiary/aromatic N) is 3. The fraction of sp³-hybridized carbons (Fsp3) is 0.316. The van der Waals surface area contributed by atoms with Crippen LogP contribution in [0.1, 0.15) is 42.3 Å². The second-order valence-electron chi connectivity index (χ2n) is 6.82. The lowest BCUT2D eigenvalue weighted by Gasteiger charge is -2.11. The van der Waals surface area contributed by atoms with Crippen molar-refractivity contribution in [1.29, 1.82) is 0 Å². The summed E-state index contributed by atoms with van der Waals surface area (Å²) in [4.78, 5) is 16.5. The summed E-state index contributed by atoms with van der Waals surface area (Å²) in [5, 5.41) is 7.53. The molecule has 24 heavy (non-hydrogen) atoms. The molecule has 0 spiro atoms. The Morgan fingerprint density at radius 2 is 2.00 bits per heavy atom. The Bertz CT molecular complexity index is 985. The first-order valence-electron chi connectivity index (χ1n) is 8.23. The van der Waals surface area contributed by atoms with Gasteiger partial charge in [-0.15, -0.1) is 0 Å². The predicted molar refractivity (Wildman–Crippen MR) is 94.3 cm³/mol. The van der Waals surface area contributed by atoms with E-state index in [1.54, 1.807) is 0 Å². The van der Waals surface area contributed by atoms with E-state index >= 15 is 0 Å². The van der Waals surface area contributed by atoms with E-state index in [-0.39, 0.29) is 11.8 Å². The summed E-state index contributed by atoms with van der Waals surface area (Å²) in [6.45, 7) is 8.31. The summed E-state index contributed by atoms with van der Waals surface area (Å²) in [6.07, 6.45) is 2.40. The number of pyridine rings is 1. The van der Waals surface area contributed by atoms with Crippen molar-refractivity contribution < 1.29 is 4.79 Å². The van der Waals surface area contributed by atoms with E-state index < -0.39 is 0 Å². The molecule has 1 aliphatic heterocycles. The zero-order chi connectivity index (χ0) is 17.0. The maximum atomic E-state index is 11.7. The van der Waals surface area contributed by atoms with Crippen molar-refractivity contribution in [2.24, 2.45) is 0 Å². The molecule has 1 N–H and O–H groups in total. The first-order chi connectivity index (χ1) is 11.4. The number of carbonyl (C=O) groups is 1. The predicted octanol–water partition coefficient (Wildman–Crippen LogP) is 3.63. The van der Waals surface area contributed by atoms with Crippen molar-refractivity contribution in [2.45, 2.75) is 40.0 Å². The molecule has 2 aromatic heterocycles. The molecular formula is C19H20N4O. The van der Waals surface area contributed by atoms with Gasteiger partial charge in [-0.25, -0.2) is 9.50 Å². The summed E-state index contributed by atoms with van der Waals surface area (Å²) in [5.74, 6) is 1.18. The molecule has 1 aromatic carbocycles. The standard InChI is InChI=1S/C19H20N4O/c1-10(2)18-21-19-16(11(3)5-6-23(19)22-18)13-7-12(4)17-14(8-13)9-15(24)20-17/h5-8,10H,9H2,1-4H3,(H,20,24). The van der Waals surface area contributed by atoms with Gasteiger partial charge in [-0.1, -0.05) is 13.8 Å². The van der Waals surface area contributed by atoms with Crippen LogP contribution in [-0.4, -0.2) is 20.5 Å². The second-order valence-corrected chi connectivity index (χ2v) is 6.82. The third-order valence-electron chi connectivity index (χ3n) is 4.57. The SMILES string of the molecule is Cc1cc(-c2c(C)ccn3nc(C(C)C)nc23)cc2c1NC(=O)C2. The molecule has 0 bridgehead atoms. The summed E-state index contributed by atoms with van der Waals surface area (Å²) in [5.41, 5.74) is 7.30. The molecule has 0 unspecified atom stereocenters. The van der Waals surface area contributed by atoms with Crippen LogP contribution >= 0.6 is 0 Å². The Kier molecular flexibility index (Phi) is 3.20. The van der Waals surface area contributed by atoms with Crippen LogP contribution < -0.4 is 5.32 Å². The first kappa shape index (κ1) is 14.9. The number of carbonyl (C=O) groups excluding carboxylic acids is 1. The minimum Gasteiger partial charge on any atom is -0.325 e. The fourth-order valence-electron chi connectivity index (χ4n) is 3.34. The molecule has 5 nitrogen and oxygen atoms in total. The average Bonchev–Trinajstić information content (AvgIpc) is 3.10. The highest BCUT2D eigenvalue weighted by molar-refractivity contribution is 6.01. The van der Waals surface area contributed by atoms with Crippen LogP contribution in [0.25, 0.3) is 16.8 Å². The van der Waals surface area contributed by atoms with Crippen molar-refractivity contribution in [3.8, 4) is 11.1 Å². The third kappa shape index (κ3) is 2.19. The van der Waals surface area contributed by atoms with E-state index in [9.17, 15) is 4.79 Å². The molecule has 0 fully saturated rings. The van der Waals surface area contributed by atoms with Gasteiger partial charge in [-0.05, 0) is 54.3 Å².